The number of hydrogen-bond donors (Lipinski definition) is 2. The molecule has 125 valence electrons. The molecule has 0 saturated carbocycles. The number of hydrogen-bond acceptors (Lipinski definition) is 3. The van der Waals surface area contributed by atoms with Crippen molar-refractivity contribution in [1.82, 2.24) is 15.0 Å². The summed E-state index contributed by atoms with van der Waals surface area (Å²) in [4.78, 5) is 12.3. The van der Waals surface area contributed by atoms with Gasteiger partial charge in [0, 0.05) is 11.6 Å². The van der Waals surface area contributed by atoms with Gasteiger partial charge in [0.15, 0.2) is 0 Å². The van der Waals surface area contributed by atoms with E-state index >= 15 is 0 Å². The van der Waals surface area contributed by atoms with E-state index in [1.54, 1.807) is 0 Å². The second kappa shape index (κ2) is 8.62. The number of halogens is 2. The number of pyridine rings is 1. The van der Waals surface area contributed by atoms with Crippen LogP contribution in [0.4, 0.5) is 5.69 Å². The molecule has 2 heterocycles. The summed E-state index contributed by atoms with van der Waals surface area (Å²) in [6.07, 6.45) is 1.81. The van der Waals surface area contributed by atoms with E-state index in [1.807, 2.05) is 48.7 Å². The van der Waals surface area contributed by atoms with E-state index in [1.165, 1.54) is 0 Å². The van der Waals surface area contributed by atoms with Crippen LogP contribution in [0.2, 0.25) is 0 Å². The molecule has 0 atom stereocenters. The minimum Gasteiger partial charge on any atom is -0.376 e. The molecule has 7 heteroatoms. The van der Waals surface area contributed by atoms with Gasteiger partial charge in [-0.2, -0.15) is 0 Å². The normalized spacial score (nSPS) is 10.6. The van der Waals surface area contributed by atoms with Gasteiger partial charge in [-0.05, 0) is 24.3 Å². The van der Waals surface area contributed by atoms with Crippen molar-refractivity contribution >= 4 is 56.0 Å². The number of nitrogens with one attached hydrogen (secondary N) is 2. The van der Waals surface area contributed by atoms with Gasteiger partial charge < -0.3 is 10.3 Å². The van der Waals surface area contributed by atoms with Gasteiger partial charge in [0.1, 0.15) is 5.82 Å². The van der Waals surface area contributed by atoms with Crippen molar-refractivity contribution in [3.63, 3.8) is 0 Å². The van der Waals surface area contributed by atoms with Crippen LogP contribution in [0, 0.1) is 0 Å². The summed E-state index contributed by atoms with van der Waals surface area (Å²) >= 11 is 7.12. The second-order valence-corrected chi connectivity index (χ2v) is 10.2. The molecule has 0 radical (unpaired) electrons. The number of aromatic amines is 1. The molecule has 0 spiro atoms. The molecule has 4 rings (SSSR count). The zero-order valence-corrected chi connectivity index (χ0v) is 16.7. The van der Waals surface area contributed by atoms with Crippen molar-refractivity contribution in [2.24, 2.45) is 0 Å². The third-order valence-corrected chi connectivity index (χ3v) is 3.52. The molecule has 2 N–H and O–H groups in total. The fourth-order valence-corrected chi connectivity index (χ4v) is 2.52. The van der Waals surface area contributed by atoms with Crippen molar-refractivity contribution in [3.05, 3.63) is 66.6 Å². The largest absolute Gasteiger partial charge is 0.376 e. The second-order valence-electron chi connectivity index (χ2n) is 4.98. The Morgan fingerprint density at radius 3 is 2.62 bits per heavy atom. The van der Waals surface area contributed by atoms with Crippen molar-refractivity contribution < 1.29 is 11.1 Å². The Labute approximate surface area is 159 Å². The molecule has 0 aliphatic heterocycles. The number of H-pyrrole nitrogens is 1. The van der Waals surface area contributed by atoms with Crippen LogP contribution >= 0.6 is 28.3 Å². The molecule has 0 unspecified atom stereocenters. The van der Waals surface area contributed by atoms with Crippen LogP contribution in [0.5, 0.6) is 0 Å². The first kappa shape index (κ1) is 17.4. The molecular formula is C17H14Br2CoN4. The first-order valence-corrected chi connectivity index (χ1v) is 12.3. The molecule has 0 bridgehead atoms. The number of imidazole rings is 1. The SMILES string of the molecule is [Br][Co][Br].c1cnc2c(NCc3nc4ccccc4[nH]3)cccc2c1. The van der Waals surface area contributed by atoms with Gasteiger partial charge in [0.05, 0.1) is 28.8 Å². The summed E-state index contributed by atoms with van der Waals surface area (Å²) in [5.74, 6) is 0.920. The zero-order valence-electron chi connectivity index (χ0n) is 12.5. The minimum absolute atomic E-state index is 0.643. The summed E-state index contributed by atoms with van der Waals surface area (Å²) in [5.41, 5.74) is 4.06. The third-order valence-electron chi connectivity index (χ3n) is 3.52. The monoisotopic (exact) mass is 491 g/mol. The van der Waals surface area contributed by atoms with E-state index in [9.17, 15) is 0 Å². The maximum atomic E-state index is 4.57. The van der Waals surface area contributed by atoms with Crippen LogP contribution in [-0.2, 0) is 17.7 Å². The Kier molecular flexibility index (Phi) is 6.25. The number of benzene rings is 2. The third kappa shape index (κ3) is 4.16. The topological polar surface area (TPSA) is 53.6 Å². The summed E-state index contributed by atoms with van der Waals surface area (Å²) in [6.45, 7) is 0.643. The van der Waals surface area contributed by atoms with Gasteiger partial charge in [-0.3, -0.25) is 4.98 Å². The minimum atomic E-state index is 0.643. The Morgan fingerprint density at radius 1 is 1.00 bits per heavy atom. The smallest absolute Gasteiger partial charge is 0.126 e. The fraction of sp³-hybridized carbons (Fsp3) is 0.0588. The van der Waals surface area contributed by atoms with E-state index in [0.717, 1.165) is 44.6 Å². The predicted molar refractivity (Wildman–Crippen MR) is 103 cm³/mol. The average Bonchev–Trinajstić information content (AvgIpc) is 3.03. The van der Waals surface area contributed by atoms with Crippen molar-refractivity contribution in [2.75, 3.05) is 5.32 Å². The Hall–Kier alpha value is -1.41. The molecule has 0 fully saturated rings. The van der Waals surface area contributed by atoms with Crippen molar-refractivity contribution in [2.45, 2.75) is 6.54 Å². The maximum absolute atomic E-state index is 4.57. The summed E-state index contributed by atoms with van der Waals surface area (Å²) < 4.78 is 0. The maximum Gasteiger partial charge on any atom is 0.126 e. The van der Waals surface area contributed by atoms with Crippen LogP contribution < -0.4 is 5.32 Å². The molecular weight excluding hydrogens is 479 g/mol. The molecule has 0 aliphatic rings. The summed E-state index contributed by atoms with van der Waals surface area (Å²) in [5, 5.41) is 4.54. The number of fused-ring (bicyclic) bond motifs is 2. The van der Waals surface area contributed by atoms with E-state index in [4.69, 9.17) is 0 Å². The Morgan fingerprint density at radius 2 is 1.79 bits per heavy atom. The van der Waals surface area contributed by atoms with E-state index < -0.39 is 0 Å². The van der Waals surface area contributed by atoms with Crippen LogP contribution in [-0.4, -0.2) is 15.0 Å². The predicted octanol–water partition coefficient (Wildman–Crippen LogP) is 5.41. The summed E-state index contributed by atoms with van der Waals surface area (Å²) in [7, 11) is 0. The van der Waals surface area contributed by atoms with Gasteiger partial charge in [0.25, 0.3) is 0 Å². The Bertz CT molecular complexity index is 904. The fourth-order valence-electron chi connectivity index (χ4n) is 2.52. The quantitative estimate of drug-likeness (QED) is 0.402. The number of anilines is 1. The first-order valence-electron chi connectivity index (χ1n) is 7.16. The molecule has 0 aliphatic carbocycles. The number of rotatable bonds is 3. The van der Waals surface area contributed by atoms with Crippen LogP contribution in [0.15, 0.2) is 60.8 Å². The number of nitrogens with zero attached hydrogens (tertiary/aromatic N) is 2. The van der Waals surface area contributed by atoms with Gasteiger partial charge in [0.2, 0.25) is 0 Å². The average molecular weight is 493 g/mol. The van der Waals surface area contributed by atoms with Crippen molar-refractivity contribution in [1.29, 1.82) is 0 Å². The molecule has 4 aromatic rings. The molecule has 24 heavy (non-hydrogen) atoms. The first-order chi connectivity index (χ1) is 11.8. The van der Waals surface area contributed by atoms with E-state index in [0.29, 0.717) is 6.54 Å². The molecule has 0 saturated heterocycles. The standard InChI is InChI=1S/C17H14N4.2BrH.Co/c1-2-8-14-13(7-1)20-16(21-14)11-19-15-9-3-5-12-6-4-10-18-17(12)15;;;/h1-10,19H,11H2,(H,20,21);2*1H;/q;;;+2/p-2. The van der Waals surface area contributed by atoms with Crippen LogP contribution in [0.25, 0.3) is 21.9 Å². The van der Waals surface area contributed by atoms with E-state index in [2.05, 4.69) is 60.7 Å². The van der Waals surface area contributed by atoms with Crippen LogP contribution in [0.1, 0.15) is 5.82 Å². The molecule has 4 nitrogen and oxygen atoms in total. The zero-order chi connectivity index (χ0) is 16.8. The van der Waals surface area contributed by atoms with Crippen molar-refractivity contribution in [3.8, 4) is 0 Å². The molecule has 2 aromatic carbocycles. The Balaban J connectivity index is 0.000000526. The summed E-state index contributed by atoms with van der Waals surface area (Å²) in [6, 6.07) is 18.2. The van der Waals surface area contributed by atoms with Crippen LogP contribution in [0.3, 0.4) is 0 Å². The van der Waals surface area contributed by atoms with E-state index in [-0.39, 0.29) is 0 Å². The van der Waals surface area contributed by atoms with Gasteiger partial charge in [-0.1, -0.05) is 30.3 Å². The van der Waals surface area contributed by atoms with Gasteiger partial charge in [-0.25, -0.2) is 4.98 Å². The number of para-hydroxylation sites is 3. The molecule has 0 amide bonds. The van der Waals surface area contributed by atoms with Gasteiger partial charge >= 0.3 is 39.5 Å². The number of aromatic nitrogens is 3. The molecule has 2 aromatic heterocycles. The van der Waals surface area contributed by atoms with Gasteiger partial charge in [-0.15, -0.1) is 0 Å².